The number of imide groups is 1. The van der Waals surface area contributed by atoms with Crippen molar-refractivity contribution in [1.82, 2.24) is 4.90 Å². The van der Waals surface area contributed by atoms with E-state index in [-0.39, 0.29) is 11.4 Å². The first-order chi connectivity index (χ1) is 13.3. The molecular weight excluding hydrogens is 385 g/mol. The Morgan fingerprint density at radius 3 is 2.57 bits per heavy atom. The number of hydrogen-bond acceptors (Lipinski definition) is 5. The van der Waals surface area contributed by atoms with Gasteiger partial charge >= 0.3 is 5.97 Å². The second-order valence-electron chi connectivity index (χ2n) is 6.03. The molecule has 6 nitrogen and oxygen atoms in total. The number of thioether (sulfide) groups is 1. The minimum absolute atomic E-state index is 0.0382. The van der Waals surface area contributed by atoms with Gasteiger partial charge in [-0.2, -0.15) is 0 Å². The molecular formula is C20H16FNO5S. The van der Waals surface area contributed by atoms with Crippen LogP contribution in [0.15, 0.2) is 53.4 Å². The van der Waals surface area contributed by atoms with Crippen LogP contribution in [-0.4, -0.2) is 33.2 Å². The Morgan fingerprint density at radius 1 is 1.21 bits per heavy atom. The number of halogens is 1. The summed E-state index contributed by atoms with van der Waals surface area (Å²) in [4.78, 5) is 37.2. The second-order valence-corrected chi connectivity index (χ2v) is 7.02. The number of para-hydroxylation sites is 1. The van der Waals surface area contributed by atoms with E-state index in [4.69, 9.17) is 9.84 Å². The molecule has 28 heavy (non-hydrogen) atoms. The maximum absolute atomic E-state index is 13.0. The minimum Gasteiger partial charge on any atom is -0.479 e. The summed E-state index contributed by atoms with van der Waals surface area (Å²) in [5, 5.41) is 8.58. The first-order valence-electron chi connectivity index (χ1n) is 8.33. The Morgan fingerprint density at radius 2 is 1.89 bits per heavy atom. The van der Waals surface area contributed by atoms with Gasteiger partial charge in [-0.05, 0) is 48.5 Å². The van der Waals surface area contributed by atoms with E-state index in [0.29, 0.717) is 16.9 Å². The zero-order valence-corrected chi connectivity index (χ0v) is 15.6. The van der Waals surface area contributed by atoms with Crippen molar-refractivity contribution < 1.29 is 28.6 Å². The van der Waals surface area contributed by atoms with Crippen LogP contribution in [0.5, 0.6) is 5.75 Å². The maximum Gasteiger partial charge on any atom is 0.344 e. The summed E-state index contributed by atoms with van der Waals surface area (Å²) in [6.07, 6.45) is 0.433. The van der Waals surface area contributed by atoms with Gasteiger partial charge in [0.2, 0.25) is 0 Å². The molecule has 1 saturated heterocycles. The van der Waals surface area contributed by atoms with E-state index < -0.39 is 29.0 Å². The SMILES string of the molecule is CC(Oc1ccccc1/C=C1/SC(=O)N(Cc2ccc(F)cc2)C1=O)C(=O)O. The molecule has 0 aliphatic carbocycles. The number of carbonyl (C=O) groups is 3. The largest absolute Gasteiger partial charge is 0.479 e. The minimum atomic E-state index is -1.12. The van der Waals surface area contributed by atoms with Crippen molar-refractivity contribution in [2.24, 2.45) is 0 Å². The van der Waals surface area contributed by atoms with Crippen LogP contribution in [0.25, 0.3) is 6.08 Å². The molecule has 0 spiro atoms. The number of rotatable bonds is 6. The first-order valence-corrected chi connectivity index (χ1v) is 9.15. The molecule has 1 fully saturated rings. The fourth-order valence-corrected chi connectivity index (χ4v) is 3.33. The van der Waals surface area contributed by atoms with Gasteiger partial charge in [0, 0.05) is 5.56 Å². The summed E-state index contributed by atoms with van der Waals surface area (Å²) in [6, 6.07) is 12.2. The van der Waals surface area contributed by atoms with Crippen LogP contribution in [0.3, 0.4) is 0 Å². The Kier molecular flexibility index (Phi) is 5.79. The molecule has 0 bridgehead atoms. The van der Waals surface area contributed by atoms with Gasteiger partial charge in [0.25, 0.3) is 11.1 Å². The fraction of sp³-hybridized carbons (Fsp3) is 0.150. The molecule has 8 heteroatoms. The number of carboxylic acids is 1. The summed E-state index contributed by atoms with van der Waals surface area (Å²) >= 11 is 0.786. The predicted molar refractivity (Wildman–Crippen MR) is 102 cm³/mol. The van der Waals surface area contributed by atoms with Gasteiger partial charge in [0.1, 0.15) is 11.6 Å². The number of aliphatic carboxylic acids is 1. The topological polar surface area (TPSA) is 83.9 Å². The van der Waals surface area contributed by atoms with E-state index in [1.807, 2.05) is 0 Å². The number of benzene rings is 2. The Bertz CT molecular complexity index is 957. The average Bonchev–Trinajstić information content (AvgIpc) is 2.92. The smallest absolute Gasteiger partial charge is 0.344 e. The van der Waals surface area contributed by atoms with Crippen molar-refractivity contribution in [1.29, 1.82) is 0 Å². The van der Waals surface area contributed by atoms with E-state index in [1.54, 1.807) is 24.3 Å². The van der Waals surface area contributed by atoms with Gasteiger partial charge < -0.3 is 9.84 Å². The van der Waals surface area contributed by atoms with Crippen LogP contribution in [0.1, 0.15) is 18.1 Å². The zero-order chi connectivity index (χ0) is 20.3. The van der Waals surface area contributed by atoms with E-state index in [9.17, 15) is 18.8 Å². The first kappa shape index (κ1) is 19.6. The summed E-state index contributed by atoms with van der Waals surface area (Å²) in [7, 11) is 0. The van der Waals surface area contributed by atoms with Crippen LogP contribution in [0, 0.1) is 5.82 Å². The van der Waals surface area contributed by atoms with Crippen molar-refractivity contribution in [2.45, 2.75) is 19.6 Å². The molecule has 1 N–H and O–H groups in total. The number of amides is 2. The van der Waals surface area contributed by atoms with Crippen LogP contribution in [0.4, 0.5) is 9.18 Å². The fourth-order valence-electron chi connectivity index (χ4n) is 2.50. The molecule has 1 heterocycles. The highest BCUT2D eigenvalue weighted by molar-refractivity contribution is 8.18. The standard InChI is InChI=1S/C20H16FNO5S/c1-12(19(24)25)27-16-5-3-2-4-14(16)10-17-18(23)22(20(26)28-17)11-13-6-8-15(21)9-7-13/h2-10,12H,11H2,1H3,(H,24,25)/b17-10+. The summed E-state index contributed by atoms with van der Waals surface area (Å²) in [5.74, 6) is -1.69. The quantitative estimate of drug-likeness (QED) is 0.739. The highest BCUT2D eigenvalue weighted by Gasteiger charge is 2.35. The van der Waals surface area contributed by atoms with Crippen molar-refractivity contribution in [3.63, 3.8) is 0 Å². The van der Waals surface area contributed by atoms with Gasteiger partial charge in [0.15, 0.2) is 6.10 Å². The normalized spacial score (nSPS) is 16.5. The highest BCUT2D eigenvalue weighted by atomic mass is 32.2. The number of carbonyl (C=O) groups excluding carboxylic acids is 2. The molecule has 1 aliphatic heterocycles. The van der Waals surface area contributed by atoms with E-state index in [2.05, 4.69) is 0 Å². The van der Waals surface area contributed by atoms with Gasteiger partial charge in [-0.25, -0.2) is 9.18 Å². The van der Waals surface area contributed by atoms with E-state index in [0.717, 1.165) is 16.7 Å². The Hall–Kier alpha value is -3.13. The summed E-state index contributed by atoms with van der Waals surface area (Å²) in [5.41, 5.74) is 1.12. The lowest BCUT2D eigenvalue weighted by molar-refractivity contribution is -0.144. The molecule has 3 rings (SSSR count). The lowest BCUT2D eigenvalue weighted by Crippen LogP contribution is -2.27. The van der Waals surface area contributed by atoms with Gasteiger partial charge in [-0.15, -0.1) is 0 Å². The number of carboxylic acid groups (broad SMARTS) is 1. The molecule has 1 unspecified atom stereocenters. The third-order valence-corrected chi connectivity index (χ3v) is 4.89. The van der Waals surface area contributed by atoms with Crippen LogP contribution < -0.4 is 4.74 Å². The van der Waals surface area contributed by atoms with Gasteiger partial charge in [-0.1, -0.05) is 30.3 Å². The zero-order valence-electron chi connectivity index (χ0n) is 14.8. The molecule has 2 aromatic carbocycles. The monoisotopic (exact) mass is 401 g/mol. The third kappa shape index (κ3) is 4.40. The molecule has 0 radical (unpaired) electrons. The Balaban J connectivity index is 1.82. The molecule has 1 atom stereocenters. The van der Waals surface area contributed by atoms with Crippen molar-refractivity contribution in [2.75, 3.05) is 0 Å². The number of hydrogen-bond donors (Lipinski definition) is 1. The van der Waals surface area contributed by atoms with Crippen molar-refractivity contribution in [3.8, 4) is 5.75 Å². The predicted octanol–water partition coefficient (Wildman–Crippen LogP) is 3.91. The number of nitrogens with zero attached hydrogens (tertiary/aromatic N) is 1. The molecule has 2 amide bonds. The molecule has 2 aromatic rings. The second kappa shape index (κ2) is 8.26. The van der Waals surface area contributed by atoms with Crippen LogP contribution >= 0.6 is 11.8 Å². The van der Waals surface area contributed by atoms with Gasteiger partial charge in [0.05, 0.1) is 11.4 Å². The third-order valence-electron chi connectivity index (χ3n) is 3.98. The highest BCUT2D eigenvalue weighted by Crippen LogP contribution is 2.35. The summed E-state index contributed by atoms with van der Waals surface area (Å²) < 4.78 is 18.4. The maximum atomic E-state index is 13.0. The van der Waals surface area contributed by atoms with Crippen molar-refractivity contribution in [3.05, 3.63) is 70.4 Å². The molecule has 0 aromatic heterocycles. The Labute approximate surface area is 164 Å². The van der Waals surface area contributed by atoms with Crippen LogP contribution in [0.2, 0.25) is 0 Å². The molecule has 0 saturated carbocycles. The van der Waals surface area contributed by atoms with Crippen molar-refractivity contribution >= 4 is 35.0 Å². The molecule has 1 aliphatic rings. The number of ether oxygens (including phenoxy) is 1. The van der Waals surface area contributed by atoms with E-state index in [1.165, 1.54) is 37.3 Å². The lowest BCUT2D eigenvalue weighted by atomic mass is 10.1. The summed E-state index contributed by atoms with van der Waals surface area (Å²) in [6.45, 7) is 1.44. The van der Waals surface area contributed by atoms with Gasteiger partial charge in [-0.3, -0.25) is 14.5 Å². The molecule has 144 valence electrons. The van der Waals surface area contributed by atoms with Crippen LogP contribution in [-0.2, 0) is 16.1 Å². The average molecular weight is 401 g/mol. The lowest BCUT2D eigenvalue weighted by Gasteiger charge is -2.13. The van der Waals surface area contributed by atoms with E-state index >= 15 is 0 Å².